The van der Waals surface area contributed by atoms with Gasteiger partial charge in [0.1, 0.15) is 0 Å². The minimum absolute atomic E-state index is 0.389. The number of nitrogens with one attached hydrogen (secondary N) is 2. The van der Waals surface area contributed by atoms with E-state index in [2.05, 4.69) is 9.44 Å². The van der Waals surface area contributed by atoms with E-state index in [1.165, 1.54) is 28.6 Å². The maximum atomic E-state index is 12.3. The van der Waals surface area contributed by atoms with Crippen LogP contribution in [0.15, 0.2) is 24.3 Å². The first-order valence-corrected chi connectivity index (χ1v) is 10.5. The lowest BCUT2D eigenvalue weighted by Crippen LogP contribution is -2.36. The molecule has 0 amide bonds. The van der Waals surface area contributed by atoms with Crippen molar-refractivity contribution in [2.45, 2.75) is 25.7 Å². The first kappa shape index (κ1) is 17.0. The molecule has 124 valence electrons. The molecule has 1 aromatic rings. The van der Waals surface area contributed by atoms with E-state index >= 15 is 0 Å². The van der Waals surface area contributed by atoms with Crippen LogP contribution >= 0.6 is 0 Å². The molecular formula is C13H21N3O4S2. The lowest BCUT2D eigenvalue weighted by molar-refractivity contribution is 0.427. The summed E-state index contributed by atoms with van der Waals surface area (Å²) in [5.41, 5.74) is 0.795. The van der Waals surface area contributed by atoms with Gasteiger partial charge in [0.05, 0.1) is 6.26 Å². The summed E-state index contributed by atoms with van der Waals surface area (Å²) in [7, 11) is -6.91. The second-order valence-electron chi connectivity index (χ2n) is 5.37. The molecule has 7 nitrogen and oxygen atoms in total. The molecule has 2 N–H and O–H groups in total. The lowest BCUT2D eigenvalue weighted by atomic mass is 10.2. The number of hydrogen-bond donors (Lipinski definition) is 2. The van der Waals surface area contributed by atoms with Crippen molar-refractivity contribution in [2.75, 3.05) is 28.8 Å². The highest BCUT2D eigenvalue weighted by Gasteiger charge is 2.22. The third-order valence-electron chi connectivity index (χ3n) is 3.34. The zero-order chi connectivity index (χ0) is 16.2. The predicted molar refractivity (Wildman–Crippen MR) is 87.5 cm³/mol. The van der Waals surface area contributed by atoms with Crippen molar-refractivity contribution in [1.82, 2.24) is 4.31 Å². The maximum absolute atomic E-state index is 12.3. The van der Waals surface area contributed by atoms with Gasteiger partial charge >= 0.3 is 10.2 Å². The lowest BCUT2D eigenvalue weighted by Gasteiger charge is -2.20. The van der Waals surface area contributed by atoms with Crippen LogP contribution in [0.2, 0.25) is 0 Å². The Morgan fingerprint density at radius 3 is 1.73 bits per heavy atom. The van der Waals surface area contributed by atoms with E-state index in [0.717, 1.165) is 31.9 Å². The standard InChI is InChI=1S/C13H21N3O4S2/c1-21(17,18)14-12-6-8-13(9-7-12)15-22(19,20)16-10-4-2-3-5-11-16/h6-9,14-15H,2-5,10-11H2,1H3. The molecule has 1 heterocycles. The van der Waals surface area contributed by atoms with Crippen LogP contribution in [0.25, 0.3) is 0 Å². The average Bonchev–Trinajstić information content (AvgIpc) is 2.68. The number of sulfonamides is 1. The second kappa shape index (κ2) is 6.84. The fourth-order valence-corrected chi connectivity index (χ4v) is 4.18. The molecule has 2 rings (SSSR count). The van der Waals surface area contributed by atoms with Crippen molar-refractivity contribution in [3.05, 3.63) is 24.3 Å². The van der Waals surface area contributed by atoms with Gasteiger partial charge < -0.3 is 0 Å². The summed E-state index contributed by atoms with van der Waals surface area (Å²) in [4.78, 5) is 0. The van der Waals surface area contributed by atoms with Crippen molar-refractivity contribution in [2.24, 2.45) is 0 Å². The van der Waals surface area contributed by atoms with Crippen LogP contribution in [-0.2, 0) is 20.2 Å². The smallest absolute Gasteiger partial charge is 0.284 e. The molecule has 9 heteroatoms. The Bertz CT molecular complexity index is 691. The maximum Gasteiger partial charge on any atom is 0.301 e. The first-order chi connectivity index (χ1) is 10.3. The number of nitrogens with zero attached hydrogens (tertiary/aromatic N) is 1. The van der Waals surface area contributed by atoms with Gasteiger partial charge in [-0.1, -0.05) is 12.8 Å². The summed E-state index contributed by atoms with van der Waals surface area (Å²) >= 11 is 0. The summed E-state index contributed by atoms with van der Waals surface area (Å²) in [6.45, 7) is 1.06. The van der Waals surface area contributed by atoms with Gasteiger partial charge in [0.15, 0.2) is 0 Å². The minimum atomic E-state index is -3.56. The molecule has 1 aromatic carbocycles. The Morgan fingerprint density at radius 2 is 1.27 bits per heavy atom. The monoisotopic (exact) mass is 347 g/mol. The molecule has 1 aliphatic heterocycles. The molecular weight excluding hydrogens is 326 g/mol. The fourth-order valence-electron chi connectivity index (χ4n) is 2.32. The molecule has 1 saturated heterocycles. The topological polar surface area (TPSA) is 95.6 Å². The Hall–Kier alpha value is -1.32. The van der Waals surface area contributed by atoms with Gasteiger partial charge in [0, 0.05) is 24.5 Å². The average molecular weight is 347 g/mol. The van der Waals surface area contributed by atoms with Crippen LogP contribution < -0.4 is 9.44 Å². The van der Waals surface area contributed by atoms with E-state index in [4.69, 9.17) is 0 Å². The molecule has 0 saturated carbocycles. The molecule has 0 atom stereocenters. The van der Waals surface area contributed by atoms with Gasteiger partial charge in [-0.3, -0.25) is 9.44 Å². The Labute approximate surface area is 131 Å². The van der Waals surface area contributed by atoms with Crippen LogP contribution in [0.3, 0.4) is 0 Å². The predicted octanol–water partition coefficient (Wildman–Crippen LogP) is 1.59. The molecule has 0 aromatic heterocycles. The SMILES string of the molecule is CS(=O)(=O)Nc1ccc(NS(=O)(=O)N2CCCCCC2)cc1. The van der Waals surface area contributed by atoms with E-state index < -0.39 is 20.2 Å². The number of anilines is 2. The highest BCUT2D eigenvalue weighted by molar-refractivity contribution is 7.92. The number of benzene rings is 1. The van der Waals surface area contributed by atoms with Crippen LogP contribution in [-0.4, -0.2) is 40.5 Å². The number of hydrogen-bond acceptors (Lipinski definition) is 4. The Balaban J connectivity index is 2.06. The van der Waals surface area contributed by atoms with E-state index in [1.807, 2.05) is 0 Å². The summed E-state index contributed by atoms with van der Waals surface area (Å²) in [5.74, 6) is 0. The van der Waals surface area contributed by atoms with Crippen molar-refractivity contribution < 1.29 is 16.8 Å². The van der Waals surface area contributed by atoms with Crippen LogP contribution in [0.4, 0.5) is 11.4 Å². The van der Waals surface area contributed by atoms with E-state index in [0.29, 0.717) is 24.5 Å². The second-order valence-corrected chi connectivity index (χ2v) is 8.79. The summed E-state index contributed by atoms with van der Waals surface area (Å²) in [5, 5.41) is 0. The van der Waals surface area contributed by atoms with E-state index in [9.17, 15) is 16.8 Å². The highest BCUT2D eigenvalue weighted by Crippen LogP contribution is 2.19. The summed E-state index contributed by atoms with van der Waals surface area (Å²) in [6, 6.07) is 6.09. The molecule has 0 bridgehead atoms. The molecule has 1 aliphatic rings. The Kier molecular flexibility index (Phi) is 5.30. The Morgan fingerprint density at radius 1 is 0.818 bits per heavy atom. The van der Waals surface area contributed by atoms with E-state index in [-0.39, 0.29) is 0 Å². The molecule has 0 spiro atoms. The molecule has 1 fully saturated rings. The van der Waals surface area contributed by atoms with Crippen LogP contribution in [0.5, 0.6) is 0 Å². The fraction of sp³-hybridized carbons (Fsp3) is 0.538. The molecule has 22 heavy (non-hydrogen) atoms. The van der Waals surface area contributed by atoms with Gasteiger partial charge in [0.25, 0.3) is 0 Å². The van der Waals surface area contributed by atoms with E-state index in [1.54, 1.807) is 0 Å². The van der Waals surface area contributed by atoms with Gasteiger partial charge in [-0.25, -0.2) is 8.42 Å². The zero-order valence-electron chi connectivity index (χ0n) is 12.4. The third-order valence-corrected chi connectivity index (χ3v) is 5.49. The zero-order valence-corrected chi connectivity index (χ0v) is 14.1. The van der Waals surface area contributed by atoms with Gasteiger partial charge in [0.2, 0.25) is 10.0 Å². The number of rotatable bonds is 5. The minimum Gasteiger partial charge on any atom is -0.284 e. The van der Waals surface area contributed by atoms with Crippen LogP contribution in [0.1, 0.15) is 25.7 Å². The highest BCUT2D eigenvalue weighted by atomic mass is 32.2. The van der Waals surface area contributed by atoms with Crippen molar-refractivity contribution in [3.8, 4) is 0 Å². The van der Waals surface area contributed by atoms with Crippen molar-refractivity contribution in [1.29, 1.82) is 0 Å². The first-order valence-electron chi connectivity index (χ1n) is 7.12. The summed E-state index contributed by atoms with van der Waals surface area (Å²) < 4.78 is 53.2. The van der Waals surface area contributed by atoms with Crippen molar-refractivity contribution >= 4 is 31.6 Å². The largest absolute Gasteiger partial charge is 0.301 e. The molecule has 0 radical (unpaired) electrons. The normalized spacial score (nSPS) is 17.7. The summed E-state index contributed by atoms with van der Waals surface area (Å²) in [6.07, 6.45) is 4.91. The molecule has 0 unspecified atom stereocenters. The van der Waals surface area contributed by atoms with Gasteiger partial charge in [-0.2, -0.15) is 12.7 Å². The van der Waals surface area contributed by atoms with Crippen molar-refractivity contribution in [3.63, 3.8) is 0 Å². The van der Waals surface area contributed by atoms with Gasteiger partial charge in [-0.15, -0.1) is 0 Å². The van der Waals surface area contributed by atoms with Crippen LogP contribution in [0, 0.1) is 0 Å². The third kappa shape index (κ3) is 5.15. The quantitative estimate of drug-likeness (QED) is 0.845. The van der Waals surface area contributed by atoms with Gasteiger partial charge in [-0.05, 0) is 37.1 Å². The molecule has 0 aliphatic carbocycles.